The first-order valence-electron chi connectivity index (χ1n) is 9.06. The van der Waals surface area contributed by atoms with Gasteiger partial charge in [-0.3, -0.25) is 9.89 Å². The second-order valence-corrected chi connectivity index (χ2v) is 6.67. The molecule has 0 amide bonds. The highest BCUT2D eigenvalue weighted by atomic mass is 127. The highest BCUT2D eigenvalue weighted by Crippen LogP contribution is 2.12. The Labute approximate surface area is 170 Å². The van der Waals surface area contributed by atoms with Crippen LogP contribution in [0.1, 0.15) is 51.6 Å². The van der Waals surface area contributed by atoms with Crippen LogP contribution >= 0.6 is 24.0 Å². The molecule has 0 saturated heterocycles. The molecule has 0 atom stereocenters. The summed E-state index contributed by atoms with van der Waals surface area (Å²) in [4.78, 5) is 7.15. The van der Waals surface area contributed by atoms with Crippen LogP contribution in [0.25, 0.3) is 0 Å². The van der Waals surface area contributed by atoms with Crippen LogP contribution in [0.2, 0.25) is 0 Å². The summed E-state index contributed by atoms with van der Waals surface area (Å²) in [6, 6.07) is 1.07. The summed E-state index contributed by atoms with van der Waals surface area (Å²) in [5.74, 6) is 1.78. The van der Waals surface area contributed by atoms with Gasteiger partial charge in [0.1, 0.15) is 5.76 Å². The number of hydrogen-bond acceptors (Lipinski definition) is 4. The van der Waals surface area contributed by atoms with Crippen molar-refractivity contribution in [1.82, 2.24) is 20.7 Å². The zero-order valence-electron chi connectivity index (χ0n) is 16.8. The topological polar surface area (TPSA) is 65.7 Å². The fourth-order valence-corrected chi connectivity index (χ4v) is 2.90. The smallest absolute Gasteiger partial charge is 0.191 e. The first-order valence-corrected chi connectivity index (χ1v) is 9.06. The number of aryl methyl sites for hydroxylation is 2. The molecule has 1 heterocycles. The first-order chi connectivity index (χ1) is 11.4. The Balaban J connectivity index is 0.00000576. The summed E-state index contributed by atoms with van der Waals surface area (Å²) < 4.78 is 5.21. The van der Waals surface area contributed by atoms with E-state index in [-0.39, 0.29) is 24.0 Å². The molecule has 7 heteroatoms. The Morgan fingerprint density at radius 2 is 1.80 bits per heavy atom. The second kappa shape index (κ2) is 12.5. The number of guanidine groups is 1. The lowest BCUT2D eigenvalue weighted by molar-refractivity contribution is 0.181. The van der Waals surface area contributed by atoms with Crippen molar-refractivity contribution < 1.29 is 4.52 Å². The van der Waals surface area contributed by atoms with E-state index in [1.807, 2.05) is 13.8 Å². The van der Waals surface area contributed by atoms with Gasteiger partial charge in [-0.05, 0) is 54.9 Å². The molecule has 0 fully saturated rings. The third-order valence-electron chi connectivity index (χ3n) is 4.15. The van der Waals surface area contributed by atoms with Crippen molar-refractivity contribution in [2.45, 2.75) is 67.0 Å². The van der Waals surface area contributed by atoms with Crippen molar-refractivity contribution in [3.8, 4) is 0 Å². The van der Waals surface area contributed by atoms with Gasteiger partial charge in [0.2, 0.25) is 0 Å². The van der Waals surface area contributed by atoms with Gasteiger partial charge in [0.25, 0.3) is 0 Å². The van der Waals surface area contributed by atoms with E-state index >= 15 is 0 Å². The minimum absolute atomic E-state index is 0. The van der Waals surface area contributed by atoms with Gasteiger partial charge in [0.15, 0.2) is 5.96 Å². The minimum Gasteiger partial charge on any atom is -0.361 e. The molecular formula is C18H36IN5O. The molecule has 1 aromatic heterocycles. The van der Waals surface area contributed by atoms with Crippen molar-refractivity contribution >= 4 is 29.9 Å². The third-order valence-corrected chi connectivity index (χ3v) is 4.15. The minimum atomic E-state index is 0. The van der Waals surface area contributed by atoms with Crippen molar-refractivity contribution in [2.75, 3.05) is 26.2 Å². The first kappa shape index (κ1) is 24.2. The molecule has 0 saturated carbocycles. The van der Waals surface area contributed by atoms with Gasteiger partial charge >= 0.3 is 0 Å². The van der Waals surface area contributed by atoms with E-state index in [9.17, 15) is 0 Å². The molecule has 1 rings (SSSR count). The van der Waals surface area contributed by atoms with Crippen LogP contribution in [0.15, 0.2) is 9.52 Å². The van der Waals surface area contributed by atoms with Crippen LogP contribution in [-0.2, 0) is 6.42 Å². The highest BCUT2D eigenvalue weighted by Gasteiger charge is 2.12. The number of rotatable bonds is 9. The maximum atomic E-state index is 5.21. The standard InChI is InChI=1S/C18H35N5O.HI/c1-8-19-18(21-11-12-23(13(2)3)14(4)5)20-10-9-17-15(6)22-24-16(17)7;/h13-14H,8-12H2,1-7H3,(H2,19,20,21);1H. The van der Waals surface area contributed by atoms with Crippen molar-refractivity contribution in [1.29, 1.82) is 0 Å². The zero-order valence-corrected chi connectivity index (χ0v) is 19.2. The van der Waals surface area contributed by atoms with E-state index < -0.39 is 0 Å². The van der Waals surface area contributed by atoms with Crippen LogP contribution in [0.3, 0.4) is 0 Å². The van der Waals surface area contributed by atoms with Gasteiger partial charge in [-0.15, -0.1) is 24.0 Å². The molecule has 6 nitrogen and oxygen atoms in total. The Bertz CT molecular complexity index is 486. The quantitative estimate of drug-likeness (QED) is 0.333. The Morgan fingerprint density at radius 1 is 1.16 bits per heavy atom. The molecular weight excluding hydrogens is 429 g/mol. The number of nitrogens with one attached hydrogen (secondary N) is 2. The largest absolute Gasteiger partial charge is 0.361 e. The fraction of sp³-hybridized carbons (Fsp3) is 0.778. The normalized spacial score (nSPS) is 12.0. The molecule has 0 bridgehead atoms. The lowest BCUT2D eigenvalue weighted by Gasteiger charge is -2.29. The average molecular weight is 465 g/mol. The molecule has 0 unspecified atom stereocenters. The molecule has 25 heavy (non-hydrogen) atoms. The van der Waals surface area contributed by atoms with Crippen LogP contribution in [0.4, 0.5) is 0 Å². The van der Waals surface area contributed by atoms with E-state index in [4.69, 9.17) is 9.52 Å². The van der Waals surface area contributed by atoms with Gasteiger partial charge in [-0.1, -0.05) is 5.16 Å². The van der Waals surface area contributed by atoms with E-state index in [1.165, 1.54) is 5.56 Å². The third kappa shape index (κ3) is 8.40. The van der Waals surface area contributed by atoms with Crippen LogP contribution in [0, 0.1) is 13.8 Å². The maximum absolute atomic E-state index is 5.21. The molecule has 1 aromatic rings. The predicted molar refractivity (Wildman–Crippen MR) is 116 cm³/mol. The Hall–Kier alpha value is -0.830. The van der Waals surface area contributed by atoms with Crippen LogP contribution < -0.4 is 10.6 Å². The molecule has 0 aliphatic carbocycles. The van der Waals surface area contributed by atoms with E-state index in [0.717, 1.165) is 50.0 Å². The maximum Gasteiger partial charge on any atom is 0.191 e. The summed E-state index contributed by atoms with van der Waals surface area (Å²) in [5, 5.41) is 10.7. The number of halogens is 1. The lowest BCUT2D eigenvalue weighted by Crippen LogP contribution is -2.41. The molecule has 0 aliphatic rings. The SMILES string of the molecule is CCNC(=NCCN(C(C)C)C(C)C)NCCc1c(C)noc1C.I. The van der Waals surface area contributed by atoms with Gasteiger partial charge < -0.3 is 15.2 Å². The molecule has 146 valence electrons. The molecule has 0 aliphatic heterocycles. The van der Waals surface area contributed by atoms with E-state index in [0.29, 0.717) is 12.1 Å². The molecule has 0 radical (unpaired) electrons. The monoisotopic (exact) mass is 465 g/mol. The van der Waals surface area contributed by atoms with Gasteiger partial charge in [0.05, 0.1) is 12.2 Å². The lowest BCUT2D eigenvalue weighted by atomic mass is 10.1. The molecule has 0 spiro atoms. The summed E-state index contributed by atoms with van der Waals surface area (Å²) in [6.07, 6.45) is 0.885. The average Bonchev–Trinajstić information content (AvgIpc) is 2.82. The number of aromatic nitrogens is 1. The van der Waals surface area contributed by atoms with Crippen molar-refractivity contribution in [2.24, 2.45) is 4.99 Å². The molecule has 2 N–H and O–H groups in total. The van der Waals surface area contributed by atoms with Crippen LogP contribution in [0.5, 0.6) is 0 Å². The Morgan fingerprint density at radius 3 is 2.28 bits per heavy atom. The van der Waals surface area contributed by atoms with Crippen LogP contribution in [-0.4, -0.2) is 54.3 Å². The zero-order chi connectivity index (χ0) is 18.1. The van der Waals surface area contributed by atoms with E-state index in [1.54, 1.807) is 0 Å². The van der Waals surface area contributed by atoms with Crippen molar-refractivity contribution in [3.63, 3.8) is 0 Å². The highest BCUT2D eigenvalue weighted by molar-refractivity contribution is 14.0. The second-order valence-electron chi connectivity index (χ2n) is 6.67. The summed E-state index contributed by atoms with van der Waals surface area (Å²) in [7, 11) is 0. The summed E-state index contributed by atoms with van der Waals surface area (Å²) >= 11 is 0. The fourth-order valence-electron chi connectivity index (χ4n) is 2.90. The van der Waals surface area contributed by atoms with Gasteiger partial charge in [-0.2, -0.15) is 0 Å². The number of aliphatic imine (C=N–C) groups is 1. The summed E-state index contributed by atoms with van der Waals surface area (Å²) in [6.45, 7) is 18.4. The number of hydrogen-bond donors (Lipinski definition) is 2. The van der Waals surface area contributed by atoms with Gasteiger partial charge in [0, 0.05) is 37.3 Å². The Kier molecular flexibility index (Phi) is 12.1. The van der Waals surface area contributed by atoms with Crippen molar-refractivity contribution in [3.05, 3.63) is 17.0 Å². The van der Waals surface area contributed by atoms with E-state index in [2.05, 4.69) is 55.3 Å². The summed E-state index contributed by atoms with van der Waals surface area (Å²) in [5.41, 5.74) is 2.16. The number of nitrogens with zero attached hydrogens (tertiary/aromatic N) is 3. The molecule has 0 aromatic carbocycles. The van der Waals surface area contributed by atoms with Gasteiger partial charge in [-0.25, -0.2) is 0 Å². The predicted octanol–water partition coefficient (Wildman–Crippen LogP) is 3.13.